The van der Waals surface area contributed by atoms with Gasteiger partial charge in [0.05, 0.1) is 13.7 Å². The summed E-state index contributed by atoms with van der Waals surface area (Å²) >= 11 is 0. The van der Waals surface area contributed by atoms with Crippen LogP contribution in [-0.2, 0) is 6.54 Å². The summed E-state index contributed by atoms with van der Waals surface area (Å²) in [4.78, 5) is 0. The van der Waals surface area contributed by atoms with Crippen LogP contribution in [0.3, 0.4) is 0 Å². The van der Waals surface area contributed by atoms with Crippen LogP contribution in [0, 0.1) is 0 Å². The van der Waals surface area contributed by atoms with Crippen molar-refractivity contribution >= 4 is 6.08 Å². The Morgan fingerprint density at radius 2 is 2.32 bits per heavy atom. The number of nitrogens with one attached hydrogen (secondary N) is 1. The number of hydrogen-bond acceptors (Lipinski definition) is 3. The summed E-state index contributed by atoms with van der Waals surface area (Å²) in [5.41, 5.74) is 2.29. The van der Waals surface area contributed by atoms with Crippen LogP contribution in [0.4, 0.5) is 0 Å². The van der Waals surface area contributed by atoms with Gasteiger partial charge in [-0.3, -0.25) is 4.68 Å². The molecule has 100 valence electrons. The number of hydrogen-bond donors (Lipinski definition) is 1. The molecule has 0 saturated heterocycles. The highest BCUT2D eigenvalue weighted by Crippen LogP contribution is 2.21. The smallest absolute Gasteiger partial charge is 0.123 e. The number of ether oxygens (including phenoxy) is 1. The third kappa shape index (κ3) is 3.69. The fraction of sp³-hybridized carbons (Fsp3) is 0.267. The predicted octanol–water partition coefficient (Wildman–Crippen LogP) is 2.17. The van der Waals surface area contributed by atoms with Gasteiger partial charge in [-0.2, -0.15) is 5.10 Å². The van der Waals surface area contributed by atoms with E-state index in [-0.39, 0.29) is 0 Å². The molecule has 2 aromatic rings. The predicted molar refractivity (Wildman–Crippen MR) is 77.3 cm³/mol. The first-order chi connectivity index (χ1) is 9.33. The van der Waals surface area contributed by atoms with Crippen LogP contribution in [0.1, 0.15) is 11.1 Å². The van der Waals surface area contributed by atoms with Gasteiger partial charge in [0, 0.05) is 24.5 Å². The standard InChI is InChI=1S/C15H19N3O/c1-16-8-3-5-13-6-7-15(19-2)14(11-13)12-18-10-4-9-17-18/h3-7,9-11,16H,8,12H2,1-2H3. The highest BCUT2D eigenvalue weighted by Gasteiger charge is 2.04. The zero-order chi connectivity index (χ0) is 13.5. The molecule has 0 unspecified atom stereocenters. The monoisotopic (exact) mass is 257 g/mol. The van der Waals surface area contributed by atoms with Crippen molar-refractivity contribution < 1.29 is 4.74 Å². The first-order valence-corrected chi connectivity index (χ1v) is 6.29. The van der Waals surface area contributed by atoms with Crippen molar-refractivity contribution in [3.05, 3.63) is 53.9 Å². The molecule has 2 rings (SSSR count). The van der Waals surface area contributed by atoms with Crippen molar-refractivity contribution in [2.75, 3.05) is 20.7 Å². The van der Waals surface area contributed by atoms with Gasteiger partial charge < -0.3 is 10.1 Å². The van der Waals surface area contributed by atoms with Crippen LogP contribution in [-0.4, -0.2) is 30.5 Å². The Balaban J connectivity index is 2.21. The number of benzene rings is 1. The van der Waals surface area contributed by atoms with Gasteiger partial charge in [-0.05, 0) is 30.8 Å². The summed E-state index contributed by atoms with van der Waals surface area (Å²) < 4.78 is 7.29. The van der Waals surface area contributed by atoms with Crippen molar-refractivity contribution in [1.29, 1.82) is 0 Å². The summed E-state index contributed by atoms with van der Waals surface area (Å²) in [6.07, 6.45) is 7.92. The molecule has 1 heterocycles. The Bertz CT molecular complexity index is 532. The van der Waals surface area contributed by atoms with Crippen molar-refractivity contribution in [3.8, 4) is 5.75 Å². The molecule has 4 heteroatoms. The Morgan fingerprint density at radius 3 is 3.00 bits per heavy atom. The zero-order valence-corrected chi connectivity index (χ0v) is 11.3. The van der Waals surface area contributed by atoms with Crippen molar-refractivity contribution in [2.24, 2.45) is 0 Å². The van der Waals surface area contributed by atoms with Crippen LogP contribution < -0.4 is 10.1 Å². The first-order valence-electron chi connectivity index (χ1n) is 6.29. The van der Waals surface area contributed by atoms with E-state index in [0.717, 1.165) is 17.9 Å². The molecule has 19 heavy (non-hydrogen) atoms. The lowest BCUT2D eigenvalue weighted by Gasteiger charge is -2.09. The van der Waals surface area contributed by atoms with Gasteiger partial charge >= 0.3 is 0 Å². The first kappa shape index (κ1) is 13.4. The summed E-state index contributed by atoms with van der Waals surface area (Å²) in [5, 5.41) is 7.31. The SMILES string of the molecule is CNCC=Cc1ccc(OC)c(Cn2cccn2)c1. The number of rotatable bonds is 6. The number of aromatic nitrogens is 2. The summed E-state index contributed by atoms with van der Waals surface area (Å²) in [6.45, 7) is 1.57. The van der Waals surface area contributed by atoms with E-state index in [0.29, 0.717) is 6.54 Å². The summed E-state index contributed by atoms with van der Waals surface area (Å²) in [7, 11) is 3.62. The molecule has 1 aromatic heterocycles. The van der Waals surface area contributed by atoms with E-state index < -0.39 is 0 Å². The zero-order valence-electron chi connectivity index (χ0n) is 11.3. The van der Waals surface area contributed by atoms with Gasteiger partial charge in [0.2, 0.25) is 0 Å². The maximum atomic E-state index is 5.40. The normalized spacial score (nSPS) is 11.1. The number of methoxy groups -OCH3 is 1. The second-order valence-electron chi connectivity index (χ2n) is 4.23. The quantitative estimate of drug-likeness (QED) is 0.862. The second-order valence-corrected chi connectivity index (χ2v) is 4.23. The van der Waals surface area contributed by atoms with Crippen LogP contribution in [0.2, 0.25) is 0 Å². The summed E-state index contributed by atoms with van der Waals surface area (Å²) in [5.74, 6) is 0.890. The molecule has 4 nitrogen and oxygen atoms in total. The topological polar surface area (TPSA) is 39.1 Å². The van der Waals surface area contributed by atoms with Crippen molar-refractivity contribution in [1.82, 2.24) is 15.1 Å². The molecule has 0 bridgehead atoms. The second kappa shape index (κ2) is 6.75. The Hall–Kier alpha value is -2.07. The molecule has 0 amide bonds. The van der Waals surface area contributed by atoms with E-state index in [2.05, 4.69) is 34.7 Å². The molecule has 0 saturated carbocycles. The Labute approximate surface area is 113 Å². The van der Waals surface area contributed by atoms with E-state index in [1.165, 1.54) is 5.56 Å². The third-order valence-electron chi connectivity index (χ3n) is 2.83. The average Bonchev–Trinajstić information content (AvgIpc) is 2.92. The van der Waals surface area contributed by atoms with Gasteiger partial charge in [-0.25, -0.2) is 0 Å². The van der Waals surface area contributed by atoms with Gasteiger partial charge in [0.1, 0.15) is 5.75 Å². The van der Waals surface area contributed by atoms with E-state index in [1.54, 1.807) is 13.3 Å². The maximum Gasteiger partial charge on any atom is 0.123 e. The van der Waals surface area contributed by atoms with Gasteiger partial charge in [-0.15, -0.1) is 0 Å². The maximum absolute atomic E-state index is 5.40. The highest BCUT2D eigenvalue weighted by atomic mass is 16.5. The third-order valence-corrected chi connectivity index (χ3v) is 2.83. The molecule has 1 N–H and O–H groups in total. The molecular formula is C15H19N3O. The minimum Gasteiger partial charge on any atom is -0.496 e. The minimum absolute atomic E-state index is 0.712. The number of likely N-dealkylation sites (N-methyl/N-ethyl adjacent to an activating group) is 1. The van der Waals surface area contributed by atoms with E-state index >= 15 is 0 Å². The lowest BCUT2D eigenvalue weighted by atomic mass is 10.1. The summed E-state index contributed by atoms with van der Waals surface area (Å²) in [6, 6.07) is 8.10. The Morgan fingerprint density at radius 1 is 1.42 bits per heavy atom. The van der Waals surface area contributed by atoms with E-state index in [4.69, 9.17) is 4.74 Å². The molecule has 0 aliphatic carbocycles. The van der Waals surface area contributed by atoms with Gasteiger partial charge in [-0.1, -0.05) is 18.2 Å². The van der Waals surface area contributed by atoms with Crippen molar-refractivity contribution in [2.45, 2.75) is 6.54 Å². The molecule has 0 atom stereocenters. The minimum atomic E-state index is 0.712. The molecule has 1 aromatic carbocycles. The molecule has 0 aliphatic heterocycles. The van der Waals surface area contributed by atoms with Crippen LogP contribution in [0.25, 0.3) is 6.08 Å². The van der Waals surface area contributed by atoms with E-state index in [1.807, 2.05) is 30.1 Å². The largest absolute Gasteiger partial charge is 0.496 e. The molecule has 0 spiro atoms. The lowest BCUT2D eigenvalue weighted by Crippen LogP contribution is -2.04. The average molecular weight is 257 g/mol. The van der Waals surface area contributed by atoms with Gasteiger partial charge in [0.25, 0.3) is 0 Å². The number of nitrogens with zero attached hydrogens (tertiary/aromatic N) is 2. The molecular weight excluding hydrogens is 238 g/mol. The molecule has 0 aliphatic rings. The van der Waals surface area contributed by atoms with Crippen LogP contribution >= 0.6 is 0 Å². The van der Waals surface area contributed by atoms with Crippen LogP contribution in [0.15, 0.2) is 42.7 Å². The van der Waals surface area contributed by atoms with Crippen molar-refractivity contribution in [3.63, 3.8) is 0 Å². The highest BCUT2D eigenvalue weighted by molar-refractivity contribution is 5.53. The Kier molecular flexibility index (Phi) is 4.75. The molecule has 0 fully saturated rings. The lowest BCUT2D eigenvalue weighted by molar-refractivity contribution is 0.407. The fourth-order valence-corrected chi connectivity index (χ4v) is 1.91. The molecule has 0 radical (unpaired) electrons. The van der Waals surface area contributed by atoms with Crippen LogP contribution in [0.5, 0.6) is 5.75 Å². The van der Waals surface area contributed by atoms with Gasteiger partial charge in [0.15, 0.2) is 0 Å². The van der Waals surface area contributed by atoms with E-state index in [9.17, 15) is 0 Å². The fourth-order valence-electron chi connectivity index (χ4n) is 1.91.